The van der Waals surface area contributed by atoms with Crippen molar-refractivity contribution >= 4 is 11.6 Å². The Kier molecular flexibility index (Phi) is 4.48. The number of nitrogens with zero attached hydrogens (tertiary/aromatic N) is 1. The first-order valence-electron chi connectivity index (χ1n) is 7.99. The Morgan fingerprint density at radius 3 is 2.52 bits per heavy atom. The number of carbonyl (C=O) groups is 1. The molecule has 3 aromatic rings. The van der Waals surface area contributed by atoms with E-state index in [-0.39, 0.29) is 11.0 Å². The molecule has 0 fully saturated rings. The lowest BCUT2D eigenvalue weighted by Crippen LogP contribution is -2.24. The molecule has 1 amide bonds. The third-order valence-corrected chi connectivity index (χ3v) is 4.22. The molecule has 5 nitrogen and oxygen atoms in total. The van der Waals surface area contributed by atoms with Gasteiger partial charge in [0.2, 0.25) is 0 Å². The Hall–Kier alpha value is -3.21. The number of pyridine rings is 2. The molecule has 1 aromatic carbocycles. The summed E-state index contributed by atoms with van der Waals surface area (Å²) in [7, 11) is 0. The second-order valence-corrected chi connectivity index (χ2v) is 6.00. The number of carbonyl (C=O) groups excluding carboxylic acids is 1. The Morgan fingerprint density at radius 2 is 1.80 bits per heavy atom. The lowest BCUT2D eigenvalue weighted by atomic mass is 10.0. The average Bonchev–Trinajstić information content (AvgIpc) is 2.59. The smallest absolute Gasteiger partial charge is 0.261 e. The van der Waals surface area contributed by atoms with E-state index in [9.17, 15) is 9.59 Å². The van der Waals surface area contributed by atoms with Crippen molar-refractivity contribution in [2.24, 2.45) is 0 Å². The molecule has 2 N–H and O–H groups in total. The minimum Gasteiger partial charge on any atom is -0.358 e. The van der Waals surface area contributed by atoms with Crippen LogP contribution in [0.15, 0.2) is 53.6 Å². The Morgan fingerprint density at radius 1 is 1.08 bits per heavy atom. The molecule has 0 unspecified atom stereocenters. The van der Waals surface area contributed by atoms with Crippen LogP contribution < -0.4 is 10.7 Å². The fraction of sp³-hybridized carbons (Fsp3) is 0.150. The lowest BCUT2D eigenvalue weighted by Gasteiger charge is -2.13. The highest BCUT2D eigenvalue weighted by Crippen LogP contribution is 2.22. The van der Waals surface area contributed by atoms with Crippen molar-refractivity contribution in [3.63, 3.8) is 0 Å². The normalized spacial score (nSPS) is 10.5. The van der Waals surface area contributed by atoms with Gasteiger partial charge in [0.15, 0.2) is 5.43 Å². The molecule has 126 valence electrons. The SMILES string of the molecule is Cc1cc(=O)c(C(=O)Nc2cccc(C)c2C)c(-c2ccncc2)[nH]1. The standard InChI is InChI=1S/C20H19N3O2/c1-12-5-4-6-16(14(12)3)23-20(25)18-17(24)11-13(2)22-19(18)15-7-9-21-10-8-15/h4-11H,1-3H3,(H,22,24)(H,23,25). The van der Waals surface area contributed by atoms with Crippen LogP contribution in [0.25, 0.3) is 11.3 Å². The number of rotatable bonds is 3. The number of hydrogen-bond donors (Lipinski definition) is 2. The zero-order valence-corrected chi connectivity index (χ0v) is 14.4. The number of amides is 1. The molecule has 0 saturated carbocycles. The van der Waals surface area contributed by atoms with E-state index < -0.39 is 5.91 Å². The molecule has 5 heteroatoms. The number of benzene rings is 1. The van der Waals surface area contributed by atoms with Crippen molar-refractivity contribution in [3.05, 3.63) is 81.4 Å². The van der Waals surface area contributed by atoms with Crippen LogP contribution in [0.2, 0.25) is 0 Å². The van der Waals surface area contributed by atoms with Gasteiger partial charge in [0.25, 0.3) is 5.91 Å². The molecular weight excluding hydrogens is 314 g/mol. The Labute approximate surface area is 145 Å². The van der Waals surface area contributed by atoms with Crippen molar-refractivity contribution < 1.29 is 4.79 Å². The van der Waals surface area contributed by atoms with Gasteiger partial charge in [-0.3, -0.25) is 14.6 Å². The van der Waals surface area contributed by atoms with Crippen LogP contribution in [-0.2, 0) is 0 Å². The van der Waals surface area contributed by atoms with Crippen LogP contribution in [0, 0.1) is 20.8 Å². The van der Waals surface area contributed by atoms with Crippen molar-refractivity contribution in [2.75, 3.05) is 5.32 Å². The van der Waals surface area contributed by atoms with Crippen LogP contribution in [0.5, 0.6) is 0 Å². The maximum Gasteiger partial charge on any atom is 0.261 e. The summed E-state index contributed by atoms with van der Waals surface area (Å²) in [6, 6.07) is 10.6. The first kappa shape index (κ1) is 16.6. The topological polar surface area (TPSA) is 74.8 Å². The number of aryl methyl sites for hydroxylation is 2. The van der Waals surface area contributed by atoms with Crippen molar-refractivity contribution in [1.82, 2.24) is 9.97 Å². The second-order valence-electron chi connectivity index (χ2n) is 6.00. The van der Waals surface area contributed by atoms with Gasteiger partial charge in [-0.25, -0.2) is 0 Å². The number of hydrogen-bond acceptors (Lipinski definition) is 3. The zero-order chi connectivity index (χ0) is 18.0. The van der Waals surface area contributed by atoms with E-state index in [0.29, 0.717) is 17.1 Å². The van der Waals surface area contributed by atoms with Gasteiger partial charge in [-0.1, -0.05) is 12.1 Å². The van der Waals surface area contributed by atoms with Crippen molar-refractivity contribution in [1.29, 1.82) is 0 Å². The highest BCUT2D eigenvalue weighted by molar-refractivity contribution is 6.08. The third-order valence-electron chi connectivity index (χ3n) is 4.22. The summed E-state index contributed by atoms with van der Waals surface area (Å²) in [4.78, 5) is 32.5. The molecule has 0 aliphatic carbocycles. The van der Waals surface area contributed by atoms with Gasteiger partial charge in [0.05, 0.1) is 5.69 Å². The molecule has 0 bridgehead atoms. The molecule has 0 atom stereocenters. The minimum atomic E-state index is -0.429. The summed E-state index contributed by atoms with van der Waals surface area (Å²) >= 11 is 0. The molecule has 0 aliphatic rings. The van der Waals surface area contributed by atoms with Gasteiger partial charge in [-0.2, -0.15) is 0 Å². The van der Waals surface area contributed by atoms with E-state index >= 15 is 0 Å². The third kappa shape index (κ3) is 3.35. The van der Waals surface area contributed by atoms with E-state index in [1.54, 1.807) is 31.5 Å². The molecule has 2 aromatic heterocycles. The second kappa shape index (κ2) is 6.73. The first-order chi connectivity index (χ1) is 12.0. The zero-order valence-electron chi connectivity index (χ0n) is 14.4. The van der Waals surface area contributed by atoms with E-state index in [2.05, 4.69) is 15.3 Å². The van der Waals surface area contributed by atoms with Crippen LogP contribution in [0.3, 0.4) is 0 Å². The molecule has 0 aliphatic heterocycles. The van der Waals surface area contributed by atoms with Crippen LogP contribution in [0.4, 0.5) is 5.69 Å². The number of anilines is 1. The monoisotopic (exact) mass is 333 g/mol. The van der Waals surface area contributed by atoms with Crippen molar-refractivity contribution in [3.8, 4) is 11.3 Å². The first-order valence-corrected chi connectivity index (χ1v) is 7.99. The maximum absolute atomic E-state index is 12.9. The quantitative estimate of drug-likeness (QED) is 0.769. The summed E-state index contributed by atoms with van der Waals surface area (Å²) in [5, 5.41) is 2.86. The van der Waals surface area contributed by atoms with Gasteiger partial charge in [-0.15, -0.1) is 0 Å². The summed E-state index contributed by atoms with van der Waals surface area (Å²) in [6.45, 7) is 5.71. The molecular formula is C20H19N3O2. The van der Waals surface area contributed by atoms with E-state index in [1.165, 1.54) is 6.07 Å². The highest BCUT2D eigenvalue weighted by Gasteiger charge is 2.19. The van der Waals surface area contributed by atoms with Gasteiger partial charge in [-0.05, 0) is 50.1 Å². The Balaban J connectivity index is 2.09. The fourth-order valence-electron chi connectivity index (χ4n) is 2.72. The minimum absolute atomic E-state index is 0.0951. The Bertz CT molecular complexity index is 992. The maximum atomic E-state index is 12.9. The number of aromatic nitrogens is 2. The molecule has 2 heterocycles. The van der Waals surface area contributed by atoms with Crippen molar-refractivity contribution in [2.45, 2.75) is 20.8 Å². The van der Waals surface area contributed by atoms with Gasteiger partial charge in [0.1, 0.15) is 5.56 Å². The highest BCUT2D eigenvalue weighted by atomic mass is 16.2. The number of H-pyrrole nitrogens is 1. The molecule has 3 rings (SSSR count). The van der Waals surface area contributed by atoms with Crippen LogP contribution in [0.1, 0.15) is 27.2 Å². The summed E-state index contributed by atoms with van der Waals surface area (Å²) in [5.74, 6) is -0.429. The predicted molar refractivity (Wildman–Crippen MR) is 98.9 cm³/mol. The molecule has 0 spiro atoms. The molecule has 25 heavy (non-hydrogen) atoms. The van der Waals surface area contributed by atoms with E-state index in [0.717, 1.165) is 16.7 Å². The summed E-state index contributed by atoms with van der Waals surface area (Å²) in [6.07, 6.45) is 3.25. The summed E-state index contributed by atoms with van der Waals surface area (Å²) in [5.41, 5.74) is 4.46. The van der Waals surface area contributed by atoms with Crippen LogP contribution >= 0.6 is 0 Å². The summed E-state index contributed by atoms with van der Waals surface area (Å²) < 4.78 is 0. The largest absolute Gasteiger partial charge is 0.358 e. The number of aromatic amines is 1. The average molecular weight is 333 g/mol. The molecule has 0 radical (unpaired) electrons. The van der Waals surface area contributed by atoms with E-state index in [1.807, 2.05) is 32.0 Å². The number of nitrogens with one attached hydrogen (secondary N) is 2. The van der Waals surface area contributed by atoms with Crippen LogP contribution in [-0.4, -0.2) is 15.9 Å². The predicted octanol–water partition coefficient (Wildman–Crippen LogP) is 3.61. The lowest BCUT2D eigenvalue weighted by molar-refractivity contribution is 0.102. The van der Waals surface area contributed by atoms with Gasteiger partial charge < -0.3 is 10.3 Å². The fourth-order valence-corrected chi connectivity index (χ4v) is 2.72. The van der Waals surface area contributed by atoms with E-state index in [4.69, 9.17) is 0 Å². The van der Waals surface area contributed by atoms with Gasteiger partial charge >= 0.3 is 0 Å². The van der Waals surface area contributed by atoms with Gasteiger partial charge in [0, 0.05) is 35.4 Å². The molecule has 0 saturated heterocycles.